The number of ether oxygens (including phenoxy) is 2. The van der Waals surface area contributed by atoms with E-state index in [-0.39, 0.29) is 5.57 Å². The number of nitriles is 1. The van der Waals surface area contributed by atoms with Gasteiger partial charge in [0.15, 0.2) is 0 Å². The lowest BCUT2D eigenvalue weighted by atomic mass is 10.1. The predicted molar refractivity (Wildman–Crippen MR) is 127 cm³/mol. The molecule has 0 aliphatic heterocycles. The number of carbonyl (C=O) groups excluding carboxylic acids is 1. The third kappa shape index (κ3) is 5.90. The standard InChI is InChI=1S/C26H23ClN2O3/c1-17-4-11-24(18(2)12-17)29-26(30)21(15-28)13-20-7-10-23(31-3)14-25(20)32-16-19-5-8-22(27)9-6-19/h4-14H,16H2,1-3H3,(H,29,30)/b21-13+. The Morgan fingerprint density at radius 2 is 1.84 bits per heavy atom. The van der Waals surface area contributed by atoms with E-state index in [4.69, 9.17) is 21.1 Å². The smallest absolute Gasteiger partial charge is 0.266 e. The summed E-state index contributed by atoms with van der Waals surface area (Å²) in [4.78, 5) is 12.8. The molecule has 1 N–H and O–H groups in total. The Hall–Kier alpha value is -3.75. The van der Waals surface area contributed by atoms with Gasteiger partial charge in [-0.25, -0.2) is 0 Å². The van der Waals surface area contributed by atoms with Crippen molar-refractivity contribution in [2.45, 2.75) is 20.5 Å². The normalized spacial score (nSPS) is 10.9. The highest BCUT2D eigenvalue weighted by Crippen LogP contribution is 2.28. The summed E-state index contributed by atoms with van der Waals surface area (Å²) in [7, 11) is 1.56. The van der Waals surface area contributed by atoms with Crippen molar-refractivity contribution >= 4 is 29.3 Å². The topological polar surface area (TPSA) is 71.3 Å². The first kappa shape index (κ1) is 22.9. The number of carbonyl (C=O) groups is 1. The average Bonchev–Trinajstić information content (AvgIpc) is 2.79. The highest BCUT2D eigenvalue weighted by molar-refractivity contribution is 6.30. The third-order valence-electron chi connectivity index (χ3n) is 4.82. The maximum Gasteiger partial charge on any atom is 0.266 e. The summed E-state index contributed by atoms with van der Waals surface area (Å²) < 4.78 is 11.3. The van der Waals surface area contributed by atoms with E-state index in [0.29, 0.717) is 34.4 Å². The number of anilines is 1. The van der Waals surface area contributed by atoms with E-state index in [2.05, 4.69) is 5.32 Å². The van der Waals surface area contributed by atoms with E-state index >= 15 is 0 Å². The largest absolute Gasteiger partial charge is 0.497 e. The van der Waals surface area contributed by atoms with Gasteiger partial charge in [-0.3, -0.25) is 4.79 Å². The molecule has 0 aliphatic carbocycles. The highest BCUT2D eigenvalue weighted by Gasteiger charge is 2.13. The van der Waals surface area contributed by atoms with Crippen molar-refractivity contribution in [2.24, 2.45) is 0 Å². The molecule has 0 heterocycles. The van der Waals surface area contributed by atoms with Crippen molar-refractivity contribution in [1.82, 2.24) is 0 Å². The predicted octanol–water partition coefficient (Wildman–Crippen LogP) is 6.09. The van der Waals surface area contributed by atoms with Gasteiger partial charge in [0.25, 0.3) is 5.91 Å². The van der Waals surface area contributed by atoms with E-state index in [0.717, 1.165) is 16.7 Å². The first-order valence-electron chi connectivity index (χ1n) is 9.95. The molecule has 3 aromatic rings. The summed E-state index contributed by atoms with van der Waals surface area (Å²) in [5.74, 6) is 0.608. The van der Waals surface area contributed by atoms with Crippen LogP contribution >= 0.6 is 11.6 Å². The number of methoxy groups -OCH3 is 1. The van der Waals surface area contributed by atoms with Crippen molar-refractivity contribution < 1.29 is 14.3 Å². The fraction of sp³-hybridized carbons (Fsp3) is 0.154. The van der Waals surface area contributed by atoms with Gasteiger partial charge in [0.05, 0.1) is 7.11 Å². The van der Waals surface area contributed by atoms with Crippen LogP contribution in [-0.2, 0) is 11.4 Å². The first-order valence-corrected chi connectivity index (χ1v) is 10.3. The number of nitrogens with zero attached hydrogens (tertiary/aromatic N) is 1. The Morgan fingerprint density at radius 1 is 1.09 bits per heavy atom. The van der Waals surface area contributed by atoms with Gasteiger partial charge in [-0.2, -0.15) is 5.26 Å². The van der Waals surface area contributed by atoms with Gasteiger partial charge in [0, 0.05) is 22.3 Å². The van der Waals surface area contributed by atoms with Gasteiger partial charge >= 0.3 is 0 Å². The van der Waals surface area contributed by atoms with E-state index in [1.54, 1.807) is 37.4 Å². The molecule has 0 unspecified atom stereocenters. The molecule has 162 valence electrons. The molecule has 0 atom stereocenters. The molecule has 0 saturated carbocycles. The maximum atomic E-state index is 12.8. The van der Waals surface area contributed by atoms with Crippen LogP contribution in [0.5, 0.6) is 11.5 Å². The summed E-state index contributed by atoms with van der Waals surface area (Å²) in [5.41, 5.74) is 4.17. The van der Waals surface area contributed by atoms with Crippen LogP contribution in [0.25, 0.3) is 6.08 Å². The third-order valence-corrected chi connectivity index (χ3v) is 5.08. The quantitative estimate of drug-likeness (QED) is 0.352. The SMILES string of the molecule is COc1ccc(/C=C(\C#N)C(=O)Nc2ccc(C)cc2C)c(OCc2ccc(Cl)cc2)c1. The molecule has 3 rings (SSSR count). The lowest BCUT2D eigenvalue weighted by Crippen LogP contribution is -2.14. The number of hydrogen-bond acceptors (Lipinski definition) is 4. The molecule has 0 aliphatic rings. The van der Waals surface area contributed by atoms with Gasteiger partial charge in [0.1, 0.15) is 29.7 Å². The van der Waals surface area contributed by atoms with Crippen molar-refractivity contribution in [3.05, 3.63) is 93.5 Å². The molecule has 5 nitrogen and oxygen atoms in total. The van der Waals surface area contributed by atoms with Crippen molar-refractivity contribution in [2.75, 3.05) is 12.4 Å². The zero-order valence-electron chi connectivity index (χ0n) is 18.1. The van der Waals surface area contributed by atoms with Gasteiger partial charge < -0.3 is 14.8 Å². The Morgan fingerprint density at radius 3 is 2.50 bits per heavy atom. The molecule has 3 aromatic carbocycles. The molecule has 0 aromatic heterocycles. The van der Waals surface area contributed by atoms with Crippen molar-refractivity contribution in [1.29, 1.82) is 5.26 Å². The molecule has 0 fully saturated rings. The number of nitrogens with one attached hydrogen (secondary N) is 1. The number of amides is 1. The van der Waals surface area contributed by atoms with Crippen LogP contribution in [0.2, 0.25) is 5.02 Å². The van der Waals surface area contributed by atoms with Gasteiger partial charge in [-0.15, -0.1) is 0 Å². The van der Waals surface area contributed by atoms with Gasteiger partial charge in [-0.05, 0) is 61.4 Å². The molecule has 0 spiro atoms. The summed E-state index contributed by atoms with van der Waals surface area (Å²) >= 11 is 5.94. The molecule has 0 saturated heterocycles. The molecular weight excluding hydrogens is 424 g/mol. The Balaban J connectivity index is 1.86. The zero-order valence-corrected chi connectivity index (χ0v) is 18.9. The zero-order chi connectivity index (χ0) is 23.1. The number of hydrogen-bond donors (Lipinski definition) is 1. The number of aryl methyl sites for hydroxylation is 2. The minimum absolute atomic E-state index is 0.0357. The van der Waals surface area contributed by atoms with Crippen LogP contribution in [0, 0.1) is 25.2 Å². The number of rotatable bonds is 7. The molecular formula is C26H23ClN2O3. The lowest BCUT2D eigenvalue weighted by Gasteiger charge is -2.12. The molecule has 1 amide bonds. The molecule has 32 heavy (non-hydrogen) atoms. The van der Waals surface area contributed by atoms with E-state index in [1.165, 1.54) is 6.08 Å². The Labute approximate surface area is 192 Å². The number of halogens is 1. The Bertz CT molecular complexity index is 1190. The summed E-state index contributed by atoms with van der Waals surface area (Å²) in [6.07, 6.45) is 1.51. The van der Waals surface area contributed by atoms with Crippen molar-refractivity contribution in [3.8, 4) is 17.6 Å². The van der Waals surface area contributed by atoms with E-state index in [9.17, 15) is 10.1 Å². The summed E-state index contributed by atoms with van der Waals surface area (Å²) in [5, 5.41) is 13.1. The van der Waals surface area contributed by atoms with Crippen LogP contribution in [0.4, 0.5) is 5.69 Å². The van der Waals surface area contributed by atoms with E-state index in [1.807, 2.05) is 50.2 Å². The molecule has 0 bridgehead atoms. The fourth-order valence-corrected chi connectivity index (χ4v) is 3.20. The minimum atomic E-state index is -0.487. The summed E-state index contributed by atoms with van der Waals surface area (Å²) in [6, 6.07) is 20.2. The van der Waals surface area contributed by atoms with Gasteiger partial charge in [0.2, 0.25) is 0 Å². The summed E-state index contributed by atoms with van der Waals surface area (Å²) in [6.45, 7) is 4.18. The lowest BCUT2D eigenvalue weighted by molar-refractivity contribution is -0.112. The van der Waals surface area contributed by atoms with Gasteiger partial charge in [-0.1, -0.05) is 41.4 Å². The average molecular weight is 447 g/mol. The van der Waals surface area contributed by atoms with Crippen LogP contribution in [0.1, 0.15) is 22.3 Å². The van der Waals surface area contributed by atoms with Crippen LogP contribution in [0.3, 0.4) is 0 Å². The van der Waals surface area contributed by atoms with E-state index < -0.39 is 5.91 Å². The molecule has 6 heteroatoms. The van der Waals surface area contributed by atoms with Crippen LogP contribution in [-0.4, -0.2) is 13.0 Å². The second kappa shape index (κ2) is 10.5. The molecule has 0 radical (unpaired) electrons. The monoisotopic (exact) mass is 446 g/mol. The van der Waals surface area contributed by atoms with Crippen LogP contribution in [0.15, 0.2) is 66.2 Å². The van der Waals surface area contributed by atoms with Crippen LogP contribution < -0.4 is 14.8 Å². The van der Waals surface area contributed by atoms with Crippen molar-refractivity contribution in [3.63, 3.8) is 0 Å². The second-order valence-electron chi connectivity index (χ2n) is 7.26. The number of benzene rings is 3. The fourth-order valence-electron chi connectivity index (χ4n) is 3.08. The Kier molecular flexibility index (Phi) is 7.54. The first-order chi connectivity index (χ1) is 15.4. The minimum Gasteiger partial charge on any atom is -0.497 e. The maximum absolute atomic E-state index is 12.8. The second-order valence-corrected chi connectivity index (χ2v) is 7.70. The highest BCUT2D eigenvalue weighted by atomic mass is 35.5.